The van der Waals surface area contributed by atoms with E-state index in [1.54, 1.807) is 0 Å². The number of phenols is 1. The van der Waals surface area contributed by atoms with Crippen molar-refractivity contribution in [1.29, 1.82) is 0 Å². The summed E-state index contributed by atoms with van der Waals surface area (Å²) in [6, 6.07) is 6.00. The van der Waals surface area contributed by atoms with Gasteiger partial charge in [0, 0.05) is 0 Å². The van der Waals surface area contributed by atoms with Crippen LogP contribution in [0.4, 0.5) is 0 Å². The van der Waals surface area contributed by atoms with Gasteiger partial charge in [0.05, 0.1) is 0 Å². The van der Waals surface area contributed by atoms with Gasteiger partial charge in [-0.15, -0.1) is 0 Å². The molecule has 0 amide bonds. The predicted molar refractivity (Wildman–Crippen MR) is 49.3 cm³/mol. The van der Waals surface area contributed by atoms with Crippen LogP contribution in [-0.2, 0) is 6.42 Å². The van der Waals surface area contributed by atoms with Gasteiger partial charge in [-0.25, -0.2) is 0 Å². The number of para-hydroxylation sites is 1. The monoisotopic (exact) mass is 162 g/mol. The summed E-state index contributed by atoms with van der Waals surface area (Å²) < 4.78 is 0. The lowest BCUT2D eigenvalue weighted by atomic mass is 10.0. The molecule has 0 radical (unpaired) electrons. The van der Waals surface area contributed by atoms with Crippen molar-refractivity contribution in [2.24, 2.45) is 5.92 Å². The Hall–Kier alpha value is -0.980. The molecule has 0 unspecified atom stereocenters. The van der Waals surface area contributed by atoms with Crippen molar-refractivity contribution < 1.29 is 5.11 Å². The zero-order valence-corrected chi connectivity index (χ0v) is 7.38. The minimum Gasteiger partial charge on any atom is -0.507 e. The van der Waals surface area contributed by atoms with Crippen LogP contribution in [0.3, 0.4) is 0 Å². The fraction of sp³-hybridized carbons (Fsp3) is 0.455. The summed E-state index contributed by atoms with van der Waals surface area (Å²) in [5.74, 6) is 1.35. The Morgan fingerprint density at radius 2 is 2.17 bits per heavy atom. The van der Waals surface area contributed by atoms with Crippen LogP contribution in [0.15, 0.2) is 18.2 Å². The number of hydrogen-bond donors (Lipinski definition) is 1. The number of rotatable bonds is 2. The predicted octanol–water partition coefficient (Wildman–Crippen LogP) is 2.65. The first kappa shape index (κ1) is 7.66. The lowest BCUT2D eigenvalue weighted by molar-refractivity contribution is 0.462. The van der Waals surface area contributed by atoms with Crippen LogP contribution in [0, 0.1) is 12.8 Å². The van der Waals surface area contributed by atoms with Gasteiger partial charge >= 0.3 is 0 Å². The number of benzene rings is 1. The van der Waals surface area contributed by atoms with Crippen molar-refractivity contribution in [3.8, 4) is 5.75 Å². The van der Waals surface area contributed by atoms with Crippen LogP contribution in [0.5, 0.6) is 5.75 Å². The number of aryl methyl sites for hydroxylation is 1. The molecule has 0 heterocycles. The van der Waals surface area contributed by atoms with Crippen LogP contribution >= 0.6 is 0 Å². The second kappa shape index (κ2) is 2.81. The summed E-state index contributed by atoms with van der Waals surface area (Å²) in [6.07, 6.45) is 3.74. The van der Waals surface area contributed by atoms with E-state index in [-0.39, 0.29) is 0 Å². The molecule has 0 aliphatic heterocycles. The molecule has 0 atom stereocenters. The van der Waals surface area contributed by atoms with E-state index in [4.69, 9.17) is 0 Å². The fourth-order valence-electron chi connectivity index (χ4n) is 1.52. The van der Waals surface area contributed by atoms with E-state index in [2.05, 4.69) is 0 Å². The van der Waals surface area contributed by atoms with Crippen molar-refractivity contribution in [2.75, 3.05) is 0 Å². The fourth-order valence-corrected chi connectivity index (χ4v) is 1.52. The Morgan fingerprint density at radius 3 is 2.83 bits per heavy atom. The molecule has 0 aromatic heterocycles. The largest absolute Gasteiger partial charge is 0.507 e. The van der Waals surface area contributed by atoms with Gasteiger partial charge in [-0.1, -0.05) is 18.2 Å². The summed E-state index contributed by atoms with van der Waals surface area (Å²) in [6.45, 7) is 1.95. The van der Waals surface area contributed by atoms with Gasteiger partial charge in [0.15, 0.2) is 0 Å². The van der Waals surface area contributed by atoms with Crippen molar-refractivity contribution in [1.82, 2.24) is 0 Å². The molecular weight excluding hydrogens is 148 g/mol. The Labute approximate surface area is 73.0 Å². The summed E-state index contributed by atoms with van der Waals surface area (Å²) in [5.41, 5.74) is 2.12. The minimum absolute atomic E-state index is 0.504. The van der Waals surface area contributed by atoms with Crippen LogP contribution < -0.4 is 0 Å². The van der Waals surface area contributed by atoms with Crippen molar-refractivity contribution in [3.63, 3.8) is 0 Å². The quantitative estimate of drug-likeness (QED) is 0.708. The maximum atomic E-state index is 9.67. The standard InChI is InChI=1S/C11H14O/c1-8-3-2-4-10(11(8)12)7-9-5-6-9/h2-4,9,12H,5-7H2,1H3. The highest BCUT2D eigenvalue weighted by Gasteiger charge is 2.22. The zero-order chi connectivity index (χ0) is 8.55. The van der Waals surface area contributed by atoms with E-state index < -0.39 is 0 Å². The average Bonchev–Trinajstić information content (AvgIpc) is 2.83. The summed E-state index contributed by atoms with van der Waals surface area (Å²) in [4.78, 5) is 0. The first-order chi connectivity index (χ1) is 5.77. The summed E-state index contributed by atoms with van der Waals surface area (Å²) in [5, 5.41) is 9.67. The van der Waals surface area contributed by atoms with Gasteiger partial charge in [0.1, 0.15) is 5.75 Å². The van der Waals surface area contributed by atoms with Crippen molar-refractivity contribution in [3.05, 3.63) is 29.3 Å². The molecule has 1 nitrogen and oxygen atoms in total. The molecule has 1 N–H and O–H groups in total. The van der Waals surface area contributed by atoms with Crippen LogP contribution in [0.1, 0.15) is 24.0 Å². The molecule has 1 aliphatic carbocycles. The highest BCUT2D eigenvalue weighted by molar-refractivity contribution is 5.39. The molecule has 1 heteroatoms. The highest BCUT2D eigenvalue weighted by atomic mass is 16.3. The van der Waals surface area contributed by atoms with Gasteiger partial charge in [0.2, 0.25) is 0 Å². The highest BCUT2D eigenvalue weighted by Crippen LogP contribution is 2.35. The van der Waals surface area contributed by atoms with Crippen LogP contribution in [0.25, 0.3) is 0 Å². The molecule has 1 fully saturated rings. The van der Waals surface area contributed by atoms with Crippen molar-refractivity contribution >= 4 is 0 Å². The Kier molecular flexibility index (Phi) is 1.80. The van der Waals surface area contributed by atoms with Gasteiger partial charge in [-0.05, 0) is 43.2 Å². The third-order valence-electron chi connectivity index (χ3n) is 2.53. The minimum atomic E-state index is 0.504. The van der Waals surface area contributed by atoms with E-state index in [0.29, 0.717) is 5.75 Å². The normalized spacial score (nSPS) is 16.4. The molecule has 1 aliphatic rings. The molecule has 0 spiro atoms. The average molecular weight is 162 g/mol. The Morgan fingerprint density at radius 1 is 1.42 bits per heavy atom. The van der Waals surface area contributed by atoms with E-state index in [9.17, 15) is 5.11 Å². The maximum Gasteiger partial charge on any atom is 0.121 e. The molecule has 0 saturated heterocycles. The second-order valence-corrected chi connectivity index (χ2v) is 3.73. The van der Waals surface area contributed by atoms with E-state index in [0.717, 1.165) is 23.5 Å². The first-order valence-electron chi connectivity index (χ1n) is 4.55. The molecule has 1 saturated carbocycles. The van der Waals surface area contributed by atoms with E-state index >= 15 is 0 Å². The molecule has 64 valence electrons. The van der Waals surface area contributed by atoms with Crippen molar-refractivity contribution in [2.45, 2.75) is 26.2 Å². The number of phenolic OH excluding ortho intramolecular Hbond substituents is 1. The SMILES string of the molecule is Cc1cccc(CC2CC2)c1O. The molecular formula is C11H14O. The van der Waals surface area contributed by atoms with Crippen LogP contribution in [0.2, 0.25) is 0 Å². The molecule has 0 bridgehead atoms. The lowest BCUT2D eigenvalue weighted by Gasteiger charge is -2.05. The zero-order valence-electron chi connectivity index (χ0n) is 7.38. The first-order valence-corrected chi connectivity index (χ1v) is 4.55. The topological polar surface area (TPSA) is 20.2 Å². The van der Waals surface area contributed by atoms with Gasteiger partial charge < -0.3 is 5.11 Å². The maximum absolute atomic E-state index is 9.67. The molecule has 1 aromatic rings. The number of aromatic hydroxyl groups is 1. The second-order valence-electron chi connectivity index (χ2n) is 3.73. The summed E-state index contributed by atoms with van der Waals surface area (Å²) in [7, 11) is 0. The summed E-state index contributed by atoms with van der Waals surface area (Å²) >= 11 is 0. The van der Waals surface area contributed by atoms with Gasteiger partial charge in [-0.2, -0.15) is 0 Å². The molecule has 1 aromatic carbocycles. The lowest BCUT2D eigenvalue weighted by Crippen LogP contribution is -1.88. The molecule has 2 rings (SSSR count). The van der Waals surface area contributed by atoms with Gasteiger partial charge in [-0.3, -0.25) is 0 Å². The smallest absolute Gasteiger partial charge is 0.121 e. The van der Waals surface area contributed by atoms with Crippen LogP contribution in [-0.4, -0.2) is 5.11 Å². The van der Waals surface area contributed by atoms with E-state index in [1.807, 2.05) is 25.1 Å². The third-order valence-corrected chi connectivity index (χ3v) is 2.53. The molecule has 12 heavy (non-hydrogen) atoms. The van der Waals surface area contributed by atoms with E-state index in [1.165, 1.54) is 12.8 Å². The van der Waals surface area contributed by atoms with Gasteiger partial charge in [0.25, 0.3) is 0 Å². The Balaban J connectivity index is 2.23. The number of hydrogen-bond acceptors (Lipinski definition) is 1. The Bertz CT molecular complexity index is 287. The third kappa shape index (κ3) is 1.45.